The molecule has 0 fully saturated rings. The van der Waals surface area contributed by atoms with E-state index in [2.05, 4.69) is 0 Å². The zero-order valence-corrected chi connectivity index (χ0v) is 15.6. The molecule has 28 heavy (non-hydrogen) atoms. The molecule has 0 aliphatic carbocycles. The van der Waals surface area contributed by atoms with Crippen molar-refractivity contribution in [2.24, 2.45) is 0 Å². The van der Waals surface area contributed by atoms with Crippen molar-refractivity contribution in [3.63, 3.8) is 0 Å². The number of esters is 1. The number of amides is 1. The predicted octanol–water partition coefficient (Wildman–Crippen LogP) is 4.31. The van der Waals surface area contributed by atoms with E-state index in [1.54, 1.807) is 36.3 Å². The molecule has 5 heteroatoms. The van der Waals surface area contributed by atoms with Crippen molar-refractivity contribution in [3.8, 4) is 0 Å². The van der Waals surface area contributed by atoms with E-state index in [-0.39, 0.29) is 18.0 Å². The second kappa shape index (κ2) is 7.19. The van der Waals surface area contributed by atoms with E-state index in [9.17, 15) is 9.59 Å². The summed E-state index contributed by atoms with van der Waals surface area (Å²) in [6.07, 6.45) is 3.32. The van der Waals surface area contributed by atoms with Crippen molar-refractivity contribution in [2.75, 3.05) is 7.11 Å². The Labute approximate surface area is 162 Å². The molecule has 0 atom stereocenters. The number of ether oxygens (including phenoxy) is 1. The van der Waals surface area contributed by atoms with Crippen molar-refractivity contribution in [3.05, 3.63) is 89.0 Å². The lowest BCUT2D eigenvalue weighted by Gasteiger charge is -2.16. The van der Waals surface area contributed by atoms with Crippen molar-refractivity contribution in [1.82, 2.24) is 4.90 Å². The van der Waals surface area contributed by atoms with Gasteiger partial charge >= 0.3 is 5.97 Å². The van der Waals surface area contributed by atoms with Gasteiger partial charge in [-0.1, -0.05) is 42.5 Å². The molecule has 0 spiro atoms. The van der Waals surface area contributed by atoms with Crippen LogP contribution in [0.3, 0.4) is 0 Å². The van der Waals surface area contributed by atoms with Gasteiger partial charge in [0.15, 0.2) is 0 Å². The Morgan fingerprint density at radius 1 is 1.11 bits per heavy atom. The van der Waals surface area contributed by atoms with Crippen molar-refractivity contribution in [1.29, 1.82) is 0 Å². The Morgan fingerprint density at radius 3 is 2.64 bits per heavy atom. The fourth-order valence-corrected chi connectivity index (χ4v) is 3.51. The Bertz CT molecular complexity index is 1120. The minimum Gasteiger partial charge on any atom is -0.467 e. The van der Waals surface area contributed by atoms with Crippen LogP contribution in [0.5, 0.6) is 0 Å². The average molecular weight is 373 g/mol. The molecule has 0 radical (unpaired) electrons. The SMILES string of the molecule is COC(=O)C1=C(C)N(Cc2ccco2)C(=O)/C1=C\c1cccc2ccccc12. The molecule has 0 unspecified atom stereocenters. The van der Waals surface area contributed by atoms with E-state index >= 15 is 0 Å². The standard InChI is InChI=1S/C23H19NO4/c1-15-21(23(26)27-2)20(22(25)24(15)14-18-10-6-12-28-18)13-17-9-5-8-16-7-3-4-11-19(16)17/h3-13H,14H2,1-2H3/b20-13-. The van der Waals surface area contributed by atoms with Crippen LogP contribution in [0, 0.1) is 0 Å². The van der Waals surface area contributed by atoms with Crippen LogP contribution >= 0.6 is 0 Å². The third kappa shape index (κ3) is 3.01. The van der Waals surface area contributed by atoms with Gasteiger partial charge in [0, 0.05) is 5.70 Å². The van der Waals surface area contributed by atoms with Gasteiger partial charge in [-0.25, -0.2) is 4.79 Å². The van der Waals surface area contributed by atoms with Gasteiger partial charge in [-0.3, -0.25) is 4.79 Å². The third-order valence-electron chi connectivity index (χ3n) is 4.92. The normalized spacial score (nSPS) is 15.7. The lowest BCUT2D eigenvalue weighted by atomic mass is 9.99. The second-order valence-electron chi connectivity index (χ2n) is 6.55. The van der Waals surface area contributed by atoms with Crippen LogP contribution in [0.1, 0.15) is 18.2 Å². The van der Waals surface area contributed by atoms with Gasteiger partial charge in [-0.15, -0.1) is 0 Å². The molecule has 4 rings (SSSR count). The molecular formula is C23H19NO4. The van der Waals surface area contributed by atoms with Gasteiger partial charge in [0.2, 0.25) is 0 Å². The number of hydrogen-bond acceptors (Lipinski definition) is 4. The zero-order valence-electron chi connectivity index (χ0n) is 15.6. The summed E-state index contributed by atoms with van der Waals surface area (Å²) in [5, 5.41) is 2.08. The van der Waals surface area contributed by atoms with Crippen LogP contribution in [-0.2, 0) is 20.9 Å². The summed E-state index contributed by atoms with van der Waals surface area (Å²) in [6.45, 7) is 2.00. The van der Waals surface area contributed by atoms with Gasteiger partial charge in [0.25, 0.3) is 5.91 Å². The van der Waals surface area contributed by atoms with Crippen molar-refractivity contribution < 1.29 is 18.7 Å². The maximum atomic E-state index is 13.2. The number of methoxy groups -OCH3 is 1. The fourth-order valence-electron chi connectivity index (χ4n) is 3.51. The monoisotopic (exact) mass is 373 g/mol. The smallest absolute Gasteiger partial charge is 0.340 e. The van der Waals surface area contributed by atoms with Crippen molar-refractivity contribution >= 4 is 28.7 Å². The van der Waals surface area contributed by atoms with Crippen LogP contribution in [0.4, 0.5) is 0 Å². The maximum Gasteiger partial charge on any atom is 0.340 e. The highest BCUT2D eigenvalue weighted by molar-refractivity contribution is 6.17. The van der Waals surface area contributed by atoms with Crippen LogP contribution in [0.2, 0.25) is 0 Å². The first kappa shape index (κ1) is 17.8. The molecule has 0 saturated carbocycles. The average Bonchev–Trinajstić information content (AvgIpc) is 3.31. The number of rotatable bonds is 4. The summed E-state index contributed by atoms with van der Waals surface area (Å²) in [5.74, 6) is -0.134. The Kier molecular flexibility index (Phi) is 4.57. The Morgan fingerprint density at radius 2 is 1.89 bits per heavy atom. The third-order valence-corrected chi connectivity index (χ3v) is 4.92. The lowest BCUT2D eigenvalue weighted by molar-refractivity contribution is -0.136. The van der Waals surface area contributed by atoms with Gasteiger partial charge in [-0.2, -0.15) is 0 Å². The van der Waals surface area contributed by atoms with Gasteiger partial charge in [0.1, 0.15) is 5.76 Å². The van der Waals surface area contributed by atoms with E-state index in [0.717, 1.165) is 16.3 Å². The van der Waals surface area contributed by atoms with Crippen LogP contribution in [0.25, 0.3) is 16.8 Å². The quantitative estimate of drug-likeness (QED) is 0.505. The molecule has 2 aromatic carbocycles. The first-order valence-electron chi connectivity index (χ1n) is 8.93. The number of nitrogens with zero attached hydrogens (tertiary/aromatic N) is 1. The van der Waals surface area contributed by atoms with Gasteiger partial charge in [0.05, 0.1) is 31.1 Å². The highest BCUT2D eigenvalue weighted by Gasteiger charge is 2.37. The molecule has 0 N–H and O–H groups in total. The largest absolute Gasteiger partial charge is 0.467 e. The summed E-state index contributed by atoms with van der Waals surface area (Å²) in [6, 6.07) is 17.4. The molecule has 1 aromatic heterocycles. The number of fused-ring (bicyclic) bond motifs is 1. The molecule has 5 nitrogen and oxygen atoms in total. The van der Waals surface area contributed by atoms with E-state index in [4.69, 9.17) is 9.15 Å². The summed E-state index contributed by atoms with van der Waals surface area (Å²) in [4.78, 5) is 27.2. The summed E-state index contributed by atoms with van der Waals surface area (Å²) in [5.41, 5.74) is 2.04. The maximum absolute atomic E-state index is 13.2. The van der Waals surface area contributed by atoms with Gasteiger partial charge < -0.3 is 14.1 Å². The first-order valence-corrected chi connectivity index (χ1v) is 8.93. The fraction of sp³-hybridized carbons (Fsp3) is 0.130. The molecule has 0 saturated heterocycles. The van der Waals surface area contributed by atoms with E-state index in [1.165, 1.54) is 7.11 Å². The minimum absolute atomic E-state index is 0.248. The lowest BCUT2D eigenvalue weighted by Crippen LogP contribution is -2.24. The topological polar surface area (TPSA) is 59.8 Å². The Hall–Kier alpha value is -3.60. The molecule has 3 aromatic rings. The number of carbonyl (C=O) groups excluding carboxylic acids is 2. The summed E-state index contributed by atoms with van der Waals surface area (Å²) in [7, 11) is 1.32. The molecule has 0 bridgehead atoms. The molecule has 140 valence electrons. The number of hydrogen-bond donors (Lipinski definition) is 0. The summed E-state index contributed by atoms with van der Waals surface area (Å²) < 4.78 is 10.3. The van der Waals surface area contributed by atoms with Gasteiger partial charge in [-0.05, 0) is 41.5 Å². The second-order valence-corrected chi connectivity index (χ2v) is 6.55. The van der Waals surface area contributed by atoms with E-state index in [1.807, 2.05) is 42.5 Å². The number of allylic oxidation sites excluding steroid dienone is 1. The van der Waals surface area contributed by atoms with Crippen molar-refractivity contribution in [2.45, 2.75) is 13.5 Å². The van der Waals surface area contributed by atoms with Crippen LogP contribution < -0.4 is 0 Å². The predicted molar refractivity (Wildman–Crippen MR) is 106 cm³/mol. The summed E-state index contributed by atoms with van der Waals surface area (Å²) >= 11 is 0. The molecule has 1 aliphatic heterocycles. The number of furan rings is 1. The molecule has 2 heterocycles. The molecular weight excluding hydrogens is 354 g/mol. The highest BCUT2D eigenvalue weighted by atomic mass is 16.5. The van der Waals surface area contributed by atoms with Crippen LogP contribution in [0.15, 0.2) is 82.1 Å². The Balaban J connectivity index is 1.83. The number of benzene rings is 2. The van der Waals surface area contributed by atoms with E-state index in [0.29, 0.717) is 17.0 Å². The first-order chi connectivity index (χ1) is 13.6. The highest BCUT2D eigenvalue weighted by Crippen LogP contribution is 2.34. The zero-order chi connectivity index (χ0) is 19.7. The molecule has 1 aliphatic rings. The van der Waals surface area contributed by atoms with Crippen LogP contribution in [-0.4, -0.2) is 23.9 Å². The van der Waals surface area contributed by atoms with E-state index < -0.39 is 5.97 Å². The molecule has 1 amide bonds. The minimum atomic E-state index is -0.528. The number of carbonyl (C=O) groups is 2.